The van der Waals surface area contributed by atoms with Gasteiger partial charge in [-0.15, -0.1) is 0 Å². The summed E-state index contributed by atoms with van der Waals surface area (Å²) < 4.78 is 26.3. The standard InChI is InChI=1S/C20H20FI2N3O3/c21-16-3-1-2-14(8-16)13-29-20-17(22)9-15(10-18(20)23)11-24-25-19(27)12-26-4-6-28-7-5-26/h1-3,8-11H,4-7,12-13H2,(H,25,27)/b24-11+. The molecule has 1 saturated heterocycles. The van der Waals surface area contributed by atoms with Crippen LogP contribution in [0.25, 0.3) is 0 Å². The summed E-state index contributed by atoms with van der Waals surface area (Å²) in [5.74, 6) is 0.310. The molecule has 1 amide bonds. The number of nitrogens with one attached hydrogen (secondary N) is 1. The van der Waals surface area contributed by atoms with E-state index in [0.29, 0.717) is 19.8 Å². The smallest absolute Gasteiger partial charge is 0.254 e. The molecule has 1 aliphatic rings. The average Bonchev–Trinajstić information content (AvgIpc) is 2.68. The van der Waals surface area contributed by atoms with Gasteiger partial charge >= 0.3 is 0 Å². The zero-order valence-corrected chi connectivity index (χ0v) is 19.9. The van der Waals surface area contributed by atoms with Crippen LogP contribution in [-0.4, -0.2) is 49.9 Å². The summed E-state index contributed by atoms with van der Waals surface area (Å²) in [6, 6.07) is 10.2. The number of morpholine rings is 1. The highest BCUT2D eigenvalue weighted by atomic mass is 127. The van der Waals surface area contributed by atoms with Crippen molar-refractivity contribution < 1.29 is 18.7 Å². The fourth-order valence-corrected chi connectivity index (χ4v) is 4.88. The summed E-state index contributed by atoms with van der Waals surface area (Å²) >= 11 is 4.38. The minimum absolute atomic E-state index is 0.150. The van der Waals surface area contributed by atoms with Crippen LogP contribution in [0.5, 0.6) is 5.75 Å². The second-order valence-corrected chi connectivity index (χ2v) is 8.74. The Kier molecular flexibility index (Phi) is 8.63. The van der Waals surface area contributed by atoms with Gasteiger partial charge in [-0.3, -0.25) is 9.69 Å². The topological polar surface area (TPSA) is 63.2 Å². The van der Waals surface area contributed by atoms with E-state index in [9.17, 15) is 9.18 Å². The Hall–Kier alpha value is -1.31. The molecular formula is C20H20FI2N3O3. The number of rotatable bonds is 7. The molecule has 0 saturated carbocycles. The lowest BCUT2D eigenvalue weighted by Gasteiger charge is -2.25. The van der Waals surface area contributed by atoms with Crippen molar-refractivity contribution in [3.63, 3.8) is 0 Å². The highest BCUT2D eigenvalue weighted by molar-refractivity contribution is 14.1. The summed E-state index contributed by atoms with van der Waals surface area (Å²) in [5.41, 5.74) is 4.18. The first-order chi connectivity index (χ1) is 14.0. The van der Waals surface area contributed by atoms with Crippen molar-refractivity contribution >= 4 is 57.3 Å². The molecule has 154 valence electrons. The van der Waals surface area contributed by atoms with Crippen LogP contribution in [0.3, 0.4) is 0 Å². The van der Waals surface area contributed by atoms with E-state index in [1.165, 1.54) is 12.1 Å². The number of hydrazone groups is 1. The normalized spacial score (nSPS) is 14.9. The van der Waals surface area contributed by atoms with Crippen LogP contribution in [0.2, 0.25) is 0 Å². The van der Waals surface area contributed by atoms with E-state index in [1.807, 2.05) is 23.1 Å². The van der Waals surface area contributed by atoms with Gasteiger partial charge < -0.3 is 9.47 Å². The minimum atomic E-state index is -0.280. The van der Waals surface area contributed by atoms with Gasteiger partial charge in [-0.2, -0.15) is 5.10 Å². The van der Waals surface area contributed by atoms with Gasteiger partial charge in [0.15, 0.2) is 0 Å². The SMILES string of the molecule is O=C(CN1CCOCC1)N/N=C/c1cc(I)c(OCc2cccc(F)c2)c(I)c1. The third-order valence-corrected chi connectivity index (χ3v) is 5.77. The Bertz CT molecular complexity index is 866. The summed E-state index contributed by atoms with van der Waals surface area (Å²) in [6.45, 7) is 3.41. The zero-order valence-electron chi connectivity index (χ0n) is 15.5. The molecule has 3 rings (SSSR count). The second-order valence-electron chi connectivity index (χ2n) is 6.41. The van der Waals surface area contributed by atoms with Crippen molar-refractivity contribution in [2.24, 2.45) is 5.10 Å². The van der Waals surface area contributed by atoms with E-state index in [0.717, 1.165) is 37.1 Å². The van der Waals surface area contributed by atoms with Crippen LogP contribution in [0.1, 0.15) is 11.1 Å². The molecule has 0 unspecified atom stereocenters. The van der Waals surface area contributed by atoms with Gasteiger partial charge in [-0.25, -0.2) is 9.82 Å². The van der Waals surface area contributed by atoms with Crippen LogP contribution in [-0.2, 0) is 16.1 Å². The summed E-state index contributed by atoms with van der Waals surface area (Å²) in [7, 11) is 0. The molecule has 1 N–H and O–H groups in total. The number of amides is 1. The molecular weight excluding hydrogens is 603 g/mol. The number of carbonyl (C=O) groups is 1. The van der Waals surface area contributed by atoms with E-state index in [2.05, 4.69) is 55.7 Å². The first kappa shape index (κ1) is 22.4. The van der Waals surface area contributed by atoms with E-state index < -0.39 is 0 Å². The van der Waals surface area contributed by atoms with Gasteiger partial charge in [0.1, 0.15) is 18.2 Å². The Morgan fingerprint density at radius 3 is 2.66 bits per heavy atom. The highest BCUT2D eigenvalue weighted by Crippen LogP contribution is 2.29. The molecule has 1 heterocycles. The van der Waals surface area contributed by atoms with Gasteiger partial charge in [0.25, 0.3) is 5.91 Å². The molecule has 6 nitrogen and oxygen atoms in total. The van der Waals surface area contributed by atoms with Gasteiger partial charge in [0, 0.05) is 13.1 Å². The van der Waals surface area contributed by atoms with Crippen molar-refractivity contribution in [3.8, 4) is 5.75 Å². The third kappa shape index (κ3) is 7.15. The zero-order chi connectivity index (χ0) is 20.6. The van der Waals surface area contributed by atoms with E-state index in [-0.39, 0.29) is 18.3 Å². The average molecular weight is 623 g/mol. The number of hydrogen-bond donors (Lipinski definition) is 1. The van der Waals surface area contributed by atoms with Crippen LogP contribution in [0.4, 0.5) is 4.39 Å². The molecule has 1 fully saturated rings. The van der Waals surface area contributed by atoms with Crippen molar-refractivity contribution in [2.75, 3.05) is 32.8 Å². The quantitative estimate of drug-likeness (QED) is 0.292. The molecule has 2 aromatic rings. The third-order valence-electron chi connectivity index (χ3n) is 4.17. The van der Waals surface area contributed by atoms with E-state index >= 15 is 0 Å². The lowest BCUT2D eigenvalue weighted by atomic mass is 10.2. The first-order valence-electron chi connectivity index (χ1n) is 8.99. The molecule has 2 aromatic carbocycles. The molecule has 0 atom stereocenters. The number of nitrogens with zero attached hydrogens (tertiary/aromatic N) is 2. The number of benzene rings is 2. The second kappa shape index (κ2) is 11.2. The van der Waals surface area contributed by atoms with Crippen LogP contribution < -0.4 is 10.2 Å². The fourth-order valence-electron chi connectivity index (χ4n) is 2.75. The van der Waals surface area contributed by atoms with Gasteiger partial charge in [0.2, 0.25) is 0 Å². The predicted molar refractivity (Wildman–Crippen MR) is 126 cm³/mol. The van der Waals surface area contributed by atoms with Gasteiger partial charge in [0.05, 0.1) is 33.1 Å². The molecule has 0 aromatic heterocycles. The maximum atomic E-state index is 13.3. The lowest BCUT2D eigenvalue weighted by Crippen LogP contribution is -2.42. The molecule has 1 aliphatic heterocycles. The number of halogens is 3. The Labute approximate surface area is 196 Å². The Morgan fingerprint density at radius 1 is 1.24 bits per heavy atom. The summed E-state index contributed by atoms with van der Waals surface area (Å²) in [4.78, 5) is 14.0. The highest BCUT2D eigenvalue weighted by Gasteiger charge is 2.13. The Balaban J connectivity index is 1.55. The maximum absolute atomic E-state index is 13.3. The van der Waals surface area contributed by atoms with Crippen molar-refractivity contribution in [2.45, 2.75) is 6.61 Å². The molecule has 0 aliphatic carbocycles. The number of hydrogen-bond acceptors (Lipinski definition) is 5. The van der Waals surface area contributed by atoms with Crippen LogP contribution in [0, 0.1) is 13.0 Å². The van der Waals surface area contributed by atoms with Crippen molar-refractivity contribution in [3.05, 3.63) is 60.5 Å². The Morgan fingerprint density at radius 2 is 1.97 bits per heavy atom. The van der Waals surface area contributed by atoms with Gasteiger partial charge in [-0.1, -0.05) is 12.1 Å². The van der Waals surface area contributed by atoms with E-state index in [4.69, 9.17) is 9.47 Å². The summed E-state index contributed by atoms with van der Waals surface area (Å²) in [5, 5.41) is 4.05. The molecule has 9 heteroatoms. The van der Waals surface area contributed by atoms with Crippen LogP contribution in [0.15, 0.2) is 41.5 Å². The van der Waals surface area contributed by atoms with Crippen molar-refractivity contribution in [1.29, 1.82) is 0 Å². The first-order valence-corrected chi connectivity index (χ1v) is 11.2. The summed E-state index contributed by atoms with van der Waals surface area (Å²) in [6.07, 6.45) is 1.61. The van der Waals surface area contributed by atoms with Gasteiger partial charge in [-0.05, 0) is 80.6 Å². The van der Waals surface area contributed by atoms with Crippen molar-refractivity contribution in [1.82, 2.24) is 10.3 Å². The lowest BCUT2D eigenvalue weighted by molar-refractivity contribution is -0.123. The fraction of sp³-hybridized carbons (Fsp3) is 0.300. The molecule has 29 heavy (non-hydrogen) atoms. The molecule has 0 radical (unpaired) electrons. The molecule has 0 spiro atoms. The number of carbonyl (C=O) groups excluding carboxylic acids is 1. The monoisotopic (exact) mass is 623 g/mol. The largest absolute Gasteiger partial charge is 0.487 e. The maximum Gasteiger partial charge on any atom is 0.254 e. The number of ether oxygens (including phenoxy) is 2. The minimum Gasteiger partial charge on any atom is -0.487 e. The van der Waals surface area contributed by atoms with E-state index in [1.54, 1.807) is 12.3 Å². The predicted octanol–water partition coefficient (Wildman–Crippen LogP) is 3.40. The van der Waals surface area contributed by atoms with Crippen LogP contribution >= 0.6 is 45.2 Å². The molecule has 0 bridgehead atoms.